The Hall–Kier alpha value is 0.168. The van der Waals surface area contributed by atoms with Crippen LogP contribution in [0.25, 0.3) is 0 Å². The van der Waals surface area contributed by atoms with Crippen LogP contribution in [0.15, 0.2) is 17.7 Å². The SMILES string of the molecule is CC1=[C-]CC=C1.[CH3-].[CH3-].[CH3-].[Pt+4]. The van der Waals surface area contributed by atoms with Gasteiger partial charge < -0.3 is 22.3 Å². The van der Waals surface area contributed by atoms with E-state index in [4.69, 9.17) is 0 Å². The molecule has 10 heavy (non-hydrogen) atoms. The Morgan fingerprint density at radius 1 is 1.30 bits per heavy atom. The van der Waals surface area contributed by atoms with E-state index in [-0.39, 0.29) is 43.3 Å². The molecule has 62 valence electrons. The topological polar surface area (TPSA) is 0 Å². The third kappa shape index (κ3) is 8.17. The maximum atomic E-state index is 3.12. The fourth-order valence-electron chi connectivity index (χ4n) is 0.515. The second kappa shape index (κ2) is 11.9. The number of hydrogen-bond donors (Lipinski definition) is 0. The molecule has 0 saturated carbocycles. The smallest absolute Gasteiger partial charge is 0.358 e. The molecule has 0 bridgehead atoms. The van der Waals surface area contributed by atoms with Crippen LogP contribution in [0.5, 0.6) is 0 Å². The summed E-state index contributed by atoms with van der Waals surface area (Å²) >= 11 is 0. The minimum absolute atomic E-state index is 0. The molecule has 0 amide bonds. The van der Waals surface area contributed by atoms with E-state index >= 15 is 0 Å². The summed E-state index contributed by atoms with van der Waals surface area (Å²) in [7, 11) is 0. The van der Waals surface area contributed by atoms with E-state index in [1.807, 2.05) is 0 Å². The fraction of sp³-hybridized carbons (Fsp3) is 0.222. The standard InChI is InChI=1S/C6H7.3CH3.Pt/c1-6-4-2-3-5-6;;;;/h2,4H,3H2,1H3;3*1H3;/q4*-1;+4. The molecule has 0 unspecified atom stereocenters. The van der Waals surface area contributed by atoms with Crippen LogP contribution >= 0.6 is 0 Å². The maximum Gasteiger partial charge on any atom is 4.00 e. The van der Waals surface area contributed by atoms with Crippen molar-refractivity contribution in [1.29, 1.82) is 0 Å². The van der Waals surface area contributed by atoms with Crippen LogP contribution in [0.4, 0.5) is 0 Å². The first kappa shape index (κ1) is 22.5. The van der Waals surface area contributed by atoms with Crippen LogP contribution in [0.3, 0.4) is 0 Å². The van der Waals surface area contributed by atoms with Crippen LogP contribution < -0.4 is 0 Å². The molecule has 0 spiro atoms. The van der Waals surface area contributed by atoms with Crippen molar-refractivity contribution in [3.05, 3.63) is 46.1 Å². The molecule has 1 aliphatic carbocycles. The molecule has 0 aromatic rings. The second-order valence-electron chi connectivity index (χ2n) is 1.47. The molecular formula is C9H16Pt. The normalized spacial score (nSPS) is 11.1. The molecule has 0 aromatic carbocycles. The summed E-state index contributed by atoms with van der Waals surface area (Å²) in [6.45, 7) is 2.06. The fourth-order valence-corrected chi connectivity index (χ4v) is 0.515. The Balaban J connectivity index is -0.0000000450. The van der Waals surface area contributed by atoms with Gasteiger partial charge in [0.2, 0.25) is 0 Å². The van der Waals surface area contributed by atoms with Gasteiger partial charge in [-0.25, -0.2) is 11.6 Å². The predicted octanol–water partition coefficient (Wildman–Crippen LogP) is 3.04. The molecule has 1 aliphatic rings. The Morgan fingerprint density at radius 3 is 1.90 bits per heavy atom. The first-order valence-corrected chi connectivity index (χ1v) is 2.13. The average Bonchev–Trinajstić information content (AvgIpc) is 1.86. The largest absolute Gasteiger partial charge is 4.00 e. The van der Waals surface area contributed by atoms with Crippen molar-refractivity contribution in [2.75, 3.05) is 0 Å². The van der Waals surface area contributed by atoms with Gasteiger partial charge in [-0.2, -0.15) is 6.08 Å². The molecule has 0 heterocycles. The van der Waals surface area contributed by atoms with Crippen LogP contribution in [0, 0.1) is 28.4 Å². The van der Waals surface area contributed by atoms with Gasteiger partial charge >= 0.3 is 21.1 Å². The van der Waals surface area contributed by atoms with E-state index in [2.05, 4.69) is 25.2 Å². The predicted molar refractivity (Wildman–Crippen MR) is 45.4 cm³/mol. The quantitative estimate of drug-likeness (QED) is 0.602. The van der Waals surface area contributed by atoms with Crippen molar-refractivity contribution >= 4 is 0 Å². The van der Waals surface area contributed by atoms with Crippen molar-refractivity contribution in [3.8, 4) is 0 Å². The Labute approximate surface area is 80.7 Å². The Bertz CT molecular complexity index is 98.5. The van der Waals surface area contributed by atoms with Gasteiger partial charge in [-0.15, -0.1) is 6.42 Å². The molecular weight excluding hydrogens is 303 g/mol. The zero-order valence-electron chi connectivity index (χ0n) is 7.18. The van der Waals surface area contributed by atoms with Gasteiger partial charge in [0.15, 0.2) is 0 Å². The minimum atomic E-state index is 0. The van der Waals surface area contributed by atoms with Crippen LogP contribution in [-0.2, 0) is 21.1 Å². The minimum Gasteiger partial charge on any atom is -0.358 e. The van der Waals surface area contributed by atoms with E-state index in [0.29, 0.717) is 0 Å². The third-order valence-corrected chi connectivity index (χ3v) is 0.867. The van der Waals surface area contributed by atoms with Crippen molar-refractivity contribution in [1.82, 2.24) is 0 Å². The summed E-state index contributed by atoms with van der Waals surface area (Å²) in [6, 6.07) is 0. The second-order valence-corrected chi connectivity index (χ2v) is 1.47. The number of allylic oxidation sites excluding steroid dienone is 4. The molecule has 1 rings (SSSR count). The molecule has 0 radical (unpaired) electrons. The zero-order valence-corrected chi connectivity index (χ0v) is 9.45. The molecule has 0 aromatic heterocycles. The molecule has 0 fully saturated rings. The van der Waals surface area contributed by atoms with Gasteiger partial charge in [-0.1, -0.05) is 6.92 Å². The van der Waals surface area contributed by atoms with Crippen LogP contribution in [0.2, 0.25) is 0 Å². The number of rotatable bonds is 0. The van der Waals surface area contributed by atoms with Crippen molar-refractivity contribution in [2.45, 2.75) is 13.3 Å². The Morgan fingerprint density at radius 2 is 1.80 bits per heavy atom. The first-order valence-electron chi connectivity index (χ1n) is 2.13. The summed E-state index contributed by atoms with van der Waals surface area (Å²) in [4.78, 5) is 0. The molecule has 0 nitrogen and oxygen atoms in total. The van der Waals surface area contributed by atoms with Crippen molar-refractivity contribution in [3.63, 3.8) is 0 Å². The van der Waals surface area contributed by atoms with E-state index in [0.717, 1.165) is 6.42 Å². The van der Waals surface area contributed by atoms with E-state index in [9.17, 15) is 0 Å². The molecule has 0 N–H and O–H groups in total. The molecule has 0 aliphatic heterocycles. The summed E-state index contributed by atoms with van der Waals surface area (Å²) in [5, 5.41) is 0. The maximum absolute atomic E-state index is 3.12. The zero-order chi connectivity index (χ0) is 4.41. The van der Waals surface area contributed by atoms with E-state index in [1.165, 1.54) is 5.57 Å². The van der Waals surface area contributed by atoms with Gasteiger partial charge in [0.1, 0.15) is 0 Å². The molecule has 0 saturated heterocycles. The first-order chi connectivity index (χ1) is 2.89. The average molecular weight is 319 g/mol. The summed E-state index contributed by atoms with van der Waals surface area (Å²) < 4.78 is 0. The van der Waals surface area contributed by atoms with Crippen molar-refractivity contribution in [2.24, 2.45) is 0 Å². The van der Waals surface area contributed by atoms with E-state index < -0.39 is 0 Å². The van der Waals surface area contributed by atoms with Gasteiger partial charge in [0.05, 0.1) is 0 Å². The van der Waals surface area contributed by atoms with Crippen LogP contribution in [0.1, 0.15) is 13.3 Å². The molecule has 1 heteroatoms. The summed E-state index contributed by atoms with van der Waals surface area (Å²) in [5.74, 6) is 0. The van der Waals surface area contributed by atoms with Crippen molar-refractivity contribution < 1.29 is 21.1 Å². The molecule has 0 atom stereocenters. The Kier molecular flexibility index (Phi) is 26.7. The van der Waals surface area contributed by atoms with Gasteiger partial charge in [0, 0.05) is 0 Å². The van der Waals surface area contributed by atoms with Gasteiger partial charge in [-0.05, 0) is 0 Å². The van der Waals surface area contributed by atoms with Gasteiger partial charge in [0.25, 0.3) is 0 Å². The summed E-state index contributed by atoms with van der Waals surface area (Å²) in [5.41, 5.74) is 1.27. The van der Waals surface area contributed by atoms with Gasteiger partial charge in [-0.3, -0.25) is 6.08 Å². The van der Waals surface area contributed by atoms with E-state index in [1.54, 1.807) is 0 Å². The third-order valence-electron chi connectivity index (χ3n) is 0.867. The monoisotopic (exact) mass is 319 g/mol. The summed E-state index contributed by atoms with van der Waals surface area (Å²) in [6.07, 6.45) is 8.33. The van der Waals surface area contributed by atoms with Crippen LogP contribution in [-0.4, -0.2) is 0 Å². The number of hydrogen-bond acceptors (Lipinski definition) is 0.